The SMILES string of the molecule is Cc1ccccc1[C@@H]1[C@H]2CNC[C@H]2CN1C(=O)CCCN1CCOCC1. The first-order valence-corrected chi connectivity index (χ1v) is 10.1. The van der Waals surface area contributed by atoms with Gasteiger partial charge in [-0.25, -0.2) is 0 Å². The van der Waals surface area contributed by atoms with Crippen molar-refractivity contribution in [2.24, 2.45) is 11.8 Å². The van der Waals surface area contributed by atoms with Crippen molar-refractivity contribution in [1.29, 1.82) is 0 Å². The van der Waals surface area contributed by atoms with E-state index in [-0.39, 0.29) is 6.04 Å². The van der Waals surface area contributed by atoms with E-state index in [1.807, 2.05) is 0 Å². The molecule has 3 saturated heterocycles. The maximum Gasteiger partial charge on any atom is 0.223 e. The minimum absolute atomic E-state index is 0.243. The van der Waals surface area contributed by atoms with Crippen LogP contribution in [0.3, 0.4) is 0 Å². The van der Waals surface area contributed by atoms with E-state index >= 15 is 0 Å². The Bertz CT molecular complexity index is 629. The summed E-state index contributed by atoms with van der Waals surface area (Å²) in [7, 11) is 0. The molecule has 3 fully saturated rings. The van der Waals surface area contributed by atoms with Gasteiger partial charge in [0.1, 0.15) is 0 Å². The molecule has 3 aliphatic rings. The van der Waals surface area contributed by atoms with Gasteiger partial charge in [0.15, 0.2) is 0 Å². The minimum atomic E-state index is 0.243. The lowest BCUT2D eigenvalue weighted by Crippen LogP contribution is -2.38. The molecule has 142 valence electrons. The summed E-state index contributed by atoms with van der Waals surface area (Å²) in [5, 5.41) is 3.53. The molecule has 0 aliphatic carbocycles. The maximum atomic E-state index is 13.1. The quantitative estimate of drug-likeness (QED) is 0.873. The summed E-state index contributed by atoms with van der Waals surface area (Å²) in [6.07, 6.45) is 1.61. The normalized spacial score (nSPS) is 29.1. The second-order valence-corrected chi connectivity index (χ2v) is 7.99. The molecule has 0 saturated carbocycles. The van der Waals surface area contributed by atoms with E-state index in [0.29, 0.717) is 24.2 Å². The lowest BCUT2D eigenvalue weighted by atomic mass is 9.87. The number of nitrogens with one attached hydrogen (secondary N) is 1. The Labute approximate surface area is 156 Å². The molecule has 1 amide bonds. The van der Waals surface area contributed by atoms with Crippen molar-refractivity contribution in [3.05, 3.63) is 35.4 Å². The highest BCUT2D eigenvalue weighted by Crippen LogP contribution is 2.43. The van der Waals surface area contributed by atoms with Crippen LogP contribution in [0, 0.1) is 18.8 Å². The number of carbonyl (C=O) groups is 1. The topological polar surface area (TPSA) is 44.8 Å². The monoisotopic (exact) mass is 357 g/mol. The third-order valence-corrected chi connectivity index (χ3v) is 6.36. The van der Waals surface area contributed by atoms with Crippen molar-refractivity contribution in [3.8, 4) is 0 Å². The Morgan fingerprint density at radius 1 is 1.23 bits per heavy atom. The van der Waals surface area contributed by atoms with Crippen LogP contribution in [0.2, 0.25) is 0 Å². The smallest absolute Gasteiger partial charge is 0.223 e. The molecule has 4 rings (SSSR count). The lowest BCUT2D eigenvalue weighted by molar-refractivity contribution is -0.132. The molecule has 0 radical (unpaired) electrons. The maximum absolute atomic E-state index is 13.1. The Morgan fingerprint density at radius 2 is 2.04 bits per heavy atom. The van der Waals surface area contributed by atoms with Gasteiger partial charge in [-0.2, -0.15) is 0 Å². The fourth-order valence-corrected chi connectivity index (χ4v) is 4.92. The molecule has 26 heavy (non-hydrogen) atoms. The average Bonchev–Trinajstić information content (AvgIpc) is 3.24. The minimum Gasteiger partial charge on any atom is -0.379 e. The Balaban J connectivity index is 1.42. The average molecular weight is 357 g/mol. The first-order valence-electron chi connectivity index (χ1n) is 10.1. The molecule has 3 heterocycles. The summed E-state index contributed by atoms with van der Waals surface area (Å²) < 4.78 is 5.40. The van der Waals surface area contributed by atoms with Crippen LogP contribution in [0.1, 0.15) is 30.0 Å². The van der Waals surface area contributed by atoms with Gasteiger partial charge in [0.25, 0.3) is 0 Å². The van der Waals surface area contributed by atoms with Gasteiger partial charge in [0.05, 0.1) is 19.3 Å². The molecule has 0 aromatic heterocycles. The summed E-state index contributed by atoms with van der Waals surface area (Å²) in [4.78, 5) is 17.7. The third kappa shape index (κ3) is 3.66. The van der Waals surface area contributed by atoms with Crippen LogP contribution >= 0.6 is 0 Å². The van der Waals surface area contributed by atoms with Crippen LogP contribution in [0.15, 0.2) is 24.3 Å². The van der Waals surface area contributed by atoms with E-state index in [2.05, 4.69) is 46.3 Å². The van der Waals surface area contributed by atoms with Gasteiger partial charge in [-0.1, -0.05) is 24.3 Å². The second-order valence-electron chi connectivity index (χ2n) is 7.99. The number of carbonyl (C=O) groups excluding carboxylic acids is 1. The van der Waals surface area contributed by atoms with Gasteiger partial charge < -0.3 is 15.0 Å². The van der Waals surface area contributed by atoms with E-state index in [4.69, 9.17) is 4.74 Å². The molecule has 0 unspecified atom stereocenters. The van der Waals surface area contributed by atoms with Crippen LogP contribution in [0.25, 0.3) is 0 Å². The number of benzene rings is 1. The van der Waals surface area contributed by atoms with Crippen LogP contribution in [0.4, 0.5) is 0 Å². The Hall–Kier alpha value is -1.43. The zero-order valence-corrected chi connectivity index (χ0v) is 15.8. The van der Waals surface area contributed by atoms with E-state index in [0.717, 1.165) is 58.9 Å². The molecule has 3 aliphatic heterocycles. The van der Waals surface area contributed by atoms with Gasteiger partial charge in [-0.05, 0) is 36.9 Å². The fourth-order valence-electron chi connectivity index (χ4n) is 4.92. The highest BCUT2D eigenvalue weighted by molar-refractivity contribution is 5.77. The lowest BCUT2D eigenvalue weighted by Gasteiger charge is -2.30. The molecular weight excluding hydrogens is 326 g/mol. The number of morpholine rings is 1. The zero-order valence-electron chi connectivity index (χ0n) is 15.8. The van der Waals surface area contributed by atoms with Crippen molar-refractivity contribution in [2.45, 2.75) is 25.8 Å². The number of hydrogen-bond donors (Lipinski definition) is 1. The second kappa shape index (κ2) is 8.07. The summed E-state index contributed by atoms with van der Waals surface area (Å²) >= 11 is 0. The summed E-state index contributed by atoms with van der Waals surface area (Å²) in [6.45, 7) is 9.81. The van der Waals surface area contributed by atoms with E-state index < -0.39 is 0 Å². The van der Waals surface area contributed by atoms with Gasteiger partial charge >= 0.3 is 0 Å². The third-order valence-electron chi connectivity index (χ3n) is 6.36. The zero-order chi connectivity index (χ0) is 17.9. The molecule has 5 heteroatoms. The van der Waals surface area contributed by atoms with Crippen molar-refractivity contribution < 1.29 is 9.53 Å². The molecule has 1 N–H and O–H groups in total. The molecule has 0 bridgehead atoms. The van der Waals surface area contributed by atoms with Crippen LogP contribution < -0.4 is 5.32 Å². The van der Waals surface area contributed by atoms with Crippen molar-refractivity contribution in [2.75, 3.05) is 52.5 Å². The van der Waals surface area contributed by atoms with Crippen molar-refractivity contribution in [3.63, 3.8) is 0 Å². The molecule has 1 aromatic carbocycles. The van der Waals surface area contributed by atoms with Gasteiger partial charge in [-0.3, -0.25) is 9.69 Å². The number of fused-ring (bicyclic) bond motifs is 1. The van der Waals surface area contributed by atoms with Crippen molar-refractivity contribution >= 4 is 5.91 Å². The van der Waals surface area contributed by atoms with Gasteiger partial charge in [0, 0.05) is 45.1 Å². The number of nitrogens with zero attached hydrogens (tertiary/aromatic N) is 2. The first-order chi connectivity index (χ1) is 12.7. The fraction of sp³-hybridized carbons (Fsp3) is 0.667. The Morgan fingerprint density at radius 3 is 2.85 bits per heavy atom. The van der Waals surface area contributed by atoms with Gasteiger partial charge in [-0.15, -0.1) is 0 Å². The summed E-state index contributed by atoms with van der Waals surface area (Å²) in [5.74, 6) is 1.49. The molecule has 1 aromatic rings. The summed E-state index contributed by atoms with van der Waals surface area (Å²) in [6, 6.07) is 8.83. The van der Waals surface area contributed by atoms with Crippen molar-refractivity contribution in [1.82, 2.24) is 15.1 Å². The number of likely N-dealkylation sites (tertiary alicyclic amines) is 1. The highest BCUT2D eigenvalue weighted by atomic mass is 16.5. The number of rotatable bonds is 5. The first kappa shape index (κ1) is 18.0. The predicted octanol–water partition coefficient (Wildman–Crippen LogP) is 1.83. The largest absolute Gasteiger partial charge is 0.379 e. The van der Waals surface area contributed by atoms with Crippen LogP contribution in [-0.2, 0) is 9.53 Å². The highest BCUT2D eigenvalue weighted by Gasteiger charge is 2.46. The number of ether oxygens (including phenoxy) is 1. The van der Waals surface area contributed by atoms with Gasteiger partial charge in [0.2, 0.25) is 5.91 Å². The molecule has 3 atom stereocenters. The Kier molecular flexibility index (Phi) is 5.57. The van der Waals surface area contributed by atoms with E-state index in [9.17, 15) is 4.79 Å². The van der Waals surface area contributed by atoms with E-state index in [1.54, 1.807) is 0 Å². The number of amides is 1. The molecular formula is C21H31N3O2. The summed E-state index contributed by atoms with van der Waals surface area (Å²) in [5.41, 5.74) is 2.64. The standard InChI is InChI=1S/C21H31N3O2/c1-16-5-2-3-6-18(16)21-19-14-22-13-17(19)15-24(21)20(25)7-4-8-23-9-11-26-12-10-23/h2-3,5-6,17,19,21-22H,4,7-15H2,1H3/t17-,19-,21+/m0/s1. The van der Waals surface area contributed by atoms with Crippen LogP contribution in [0.5, 0.6) is 0 Å². The predicted molar refractivity (Wildman–Crippen MR) is 102 cm³/mol. The molecule has 0 spiro atoms. The molecule has 5 nitrogen and oxygen atoms in total. The number of aryl methyl sites for hydroxylation is 1. The number of hydrogen-bond acceptors (Lipinski definition) is 4. The van der Waals surface area contributed by atoms with Crippen LogP contribution in [-0.4, -0.2) is 68.2 Å². The van der Waals surface area contributed by atoms with E-state index in [1.165, 1.54) is 11.1 Å².